The van der Waals surface area contributed by atoms with E-state index in [4.69, 9.17) is 10.5 Å². The van der Waals surface area contributed by atoms with E-state index in [1.165, 1.54) is 0 Å². The molecule has 0 aliphatic carbocycles. The Kier molecular flexibility index (Phi) is 9.57. The SMILES string of the molecule is COc1cn[nH]c1/C=C/C[C@H](C)N.Cl.Cl. The molecule has 0 fully saturated rings. The van der Waals surface area contributed by atoms with Gasteiger partial charge in [0.05, 0.1) is 19.0 Å². The predicted molar refractivity (Wildman–Crippen MR) is 66.9 cm³/mol. The zero-order valence-corrected chi connectivity index (χ0v) is 10.4. The quantitative estimate of drug-likeness (QED) is 0.863. The van der Waals surface area contributed by atoms with Crippen LogP contribution < -0.4 is 10.5 Å². The van der Waals surface area contributed by atoms with Crippen LogP contribution in [0.25, 0.3) is 6.08 Å². The maximum Gasteiger partial charge on any atom is 0.163 e. The molecule has 0 saturated heterocycles. The van der Waals surface area contributed by atoms with E-state index in [0.29, 0.717) is 0 Å². The van der Waals surface area contributed by atoms with Crippen molar-refractivity contribution in [2.45, 2.75) is 19.4 Å². The van der Waals surface area contributed by atoms with E-state index in [9.17, 15) is 0 Å². The maximum atomic E-state index is 5.59. The van der Waals surface area contributed by atoms with Gasteiger partial charge in [0.1, 0.15) is 0 Å². The summed E-state index contributed by atoms with van der Waals surface area (Å²) in [6, 6.07) is 0.185. The fraction of sp³-hybridized carbons (Fsp3) is 0.444. The number of H-pyrrole nitrogens is 1. The first kappa shape index (κ1) is 16.7. The van der Waals surface area contributed by atoms with Crippen LogP contribution in [0, 0.1) is 0 Å². The zero-order valence-electron chi connectivity index (χ0n) is 8.77. The molecule has 1 heterocycles. The number of halogens is 2. The molecule has 4 nitrogen and oxygen atoms in total. The maximum absolute atomic E-state index is 5.59. The highest BCUT2D eigenvalue weighted by Crippen LogP contribution is 2.15. The largest absolute Gasteiger partial charge is 0.493 e. The van der Waals surface area contributed by atoms with Crippen LogP contribution >= 0.6 is 24.8 Å². The molecule has 0 aliphatic heterocycles. The van der Waals surface area contributed by atoms with Crippen LogP contribution in [0.4, 0.5) is 0 Å². The van der Waals surface area contributed by atoms with Gasteiger partial charge in [0, 0.05) is 6.04 Å². The Balaban J connectivity index is 0. The van der Waals surface area contributed by atoms with Gasteiger partial charge < -0.3 is 10.5 Å². The molecule has 15 heavy (non-hydrogen) atoms. The Labute approximate surface area is 102 Å². The van der Waals surface area contributed by atoms with Gasteiger partial charge in [-0.05, 0) is 19.4 Å². The molecule has 3 N–H and O–H groups in total. The van der Waals surface area contributed by atoms with Crippen molar-refractivity contribution in [3.63, 3.8) is 0 Å². The molecular weight excluding hydrogens is 237 g/mol. The first-order valence-corrected chi connectivity index (χ1v) is 4.23. The van der Waals surface area contributed by atoms with Crippen LogP contribution in [-0.2, 0) is 0 Å². The lowest BCUT2D eigenvalue weighted by Crippen LogP contribution is -2.12. The first-order chi connectivity index (χ1) is 6.24. The van der Waals surface area contributed by atoms with Gasteiger partial charge >= 0.3 is 0 Å². The van der Waals surface area contributed by atoms with Crippen molar-refractivity contribution in [1.29, 1.82) is 0 Å². The number of aromatic nitrogens is 2. The average Bonchev–Trinajstić information content (AvgIpc) is 2.51. The molecule has 0 amide bonds. The van der Waals surface area contributed by atoms with Crippen molar-refractivity contribution < 1.29 is 4.74 Å². The number of nitrogens with two attached hydrogens (primary N) is 1. The van der Waals surface area contributed by atoms with Crippen molar-refractivity contribution in [2.24, 2.45) is 5.73 Å². The highest BCUT2D eigenvalue weighted by Gasteiger charge is 1.99. The second-order valence-electron chi connectivity index (χ2n) is 2.97. The van der Waals surface area contributed by atoms with Crippen molar-refractivity contribution >= 4 is 30.9 Å². The van der Waals surface area contributed by atoms with Crippen molar-refractivity contribution in [1.82, 2.24) is 10.2 Å². The molecule has 0 unspecified atom stereocenters. The summed E-state index contributed by atoms with van der Waals surface area (Å²) in [4.78, 5) is 0. The number of aromatic amines is 1. The number of methoxy groups -OCH3 is 1. The van der Waals surface area contributed by atoms with Crippen LogP contribution in [0.15, 0.2) is 12.3 Å². The van der Waals surface area contributed by atoms with Gasteiger partial charge in [-0.2, -0.15) is 5.10 Å². The molecule has 0 radical (unpaired) electrons. The lowest BCUT2D eigenvalue weighted by molar-refractivity contribution is 0.414. The van der Waals surface area contributed by atoms with Crippen molar-refractivity contribution in [3.05, 3.63) is 18.0 Å². The van der Waals surface area contributed by atoms with E-state index in [1.54, 1.807) is 13.3 Å². The average molecular weight is 254 g/mol. The molecule has 0 bridgehead atoms. The molecule has 1 aromatic heterocycles. The van der Waals surface area contributed by atoms with Crippen molar-refractivity contribution in [2.75, 3.05) is 7.11 Å². The molecular formula is C9H17Cl2N3O. The van der Waals surface area contributed by atoms with Gasteiger partial charge in [0.15, 0.2) is 5.75 Å². The number of hydrogen-bond donors (Lipinski definition) is 2. The van der Waals surface area contributed by atoms with Gasteiger partial charge in [-0.1, -0.05) is 6.08 Å². The second-order valence-corrected chi connectivity index (χ2v) is 2.97. The van der Waals surface area contributed by atoms with Crippen LogP contribution in [0.1, 0.15) is 19.0 Å². The van der Waals surface area contributed by atoms with Crippen LogP contribution in [-0.4, -0.2) is 23.3 Å². The Morgan fingerprint density at radius 3 is 2.80 bits per heavy atom. The van der Waals surface area contributed by atoms with Gasteiger partial charge in [0.2, 0.25) is 0 Å². The smallest absolute Gasteiger partial charge is 0.163 e. The molecule has 1 aromatic rings. The van der Waals surface area contributed by atoms with E-state index in [0.717, 1.165) is 17.9 Å². The van der Waals surface area contributed by atoms with Gasteiger partial charge in [-0.25, -0.2) is 0 Å². The monoisotopic (exact) mass is 253 g/mol. The van der Waals surface area contributed by atoms with E-state index in [-0.39, 0.29) is 30.9 Å². The molecule has 6 heteroatoms. The summed E-state index contributed by atoms with van der Waals surface area (Å²) in [7, 11) is 1.62. The Hall–Kier alpha value is -0.710. The van der Waals surface area contributed by atoms with E-state index in [1.807, 2.05) is 19.1 Å². The van der Waals surface area contributed by atoms with Crippen LogP contribution in [0.5, 0.6) is 5.75 Å². The minimum absolute atomic E-state index is 0. The summed E-state index contributed by atoms with van der Waals surface area (Å²) >= 11 is 0. The summed E-state index contributed by atoms with van der Waals surface area (Å²) < 4.78 is 5.07. The highest BCUT2D eigenvalue weighted by molar-refractivity contribution is 5.85. The van der Waals surface area contributed by atoms with E-state index >= 15 is 0 Å². The summed E-state index contributed by atoms with van der Waals surface area (Å²) in [5.74, 6) is 0.751. The first-order valence-electron chi connectivity index (χ1n) is 4.23. The highest BCUT2D eigenvalue weighted by atomic mass is 35.5. The standard InChI is InChI=1S/C9H15N3O.2ClH/c1-7(10)4-3-5-8-9(13-2)6-11-12-8;;/h3,5-7H,4,10H2,1-2H3,(H,11,12);2*1H/b5-3+;;/t7-;;/m0../s1. The normalized spacial score (nSPS) is 11.7. The predicted octanol–water partition coefficient (Wildman–Crippen LogP) is 2.01. The zero-order chi connectivity index (χ0) is 9.68. The number of ether oxygens (including phenoxy) is 1. The number of rotatable bonds is 4. The molecule has 1 atom stereocenters. The molecule has 1 rings (SSSR count). The molecule has 0 spiro atoms. The third-order valence-electron chi connectivity index (χ3n) is 1.64. The minimum atomic E-state index is 0. The van der Waals surface area contributed by atoms with Gasteiger partial charge in [0.25, 0.3) is 0 Å². The van der Waals surface area contributed by atoms with Crippen LogP contribution in [0.2, 0.25) is 0 Å². The number of nitrogens with one attached hydrogen (secondary N) is 1. The fourth-order valence-corrected chi connectivity index (χ4v) is 0.968. The number of nitrogens with zero attached hydrogens (tertiary/aromatic N) is 1. The topological polar surface area (TPSA) is 63.9 Å². The van der Waals surface area contributed by atoms with E-state index < -0.39 is 0 Å². The number of hydrogen-bond acceptors (Lipinski definition) is 3. The summed E-state index contributed by atoms with van der Waals surface area (Å²) in [6.07, 6.45) is 6.42. The minimum Gasteiger partial charge on any atom is -0.493 e. The second kappa shape index (κ2) is 8.59. The summed E-state index contributed by atoms with van der Waals surface area (Å²) in [5.41, 5.74) is 6.47. The Morgan fingerprint density at radius 1 is 1.60 bits per heavy atom. The summed E-state index contributed by atoms with van der Waals surface area (Å²) in [6.45, 7) is 1.97. The van der Waals surface area contributed by atoms with Gasteiger partial charge in [-0.15, -0.1) is 24.8 Å². The molecule has 88 valence electrons. The molecule has 0 aliphatic rings. The van der Waals surface area contributed by atoms with Crippen LogP contribution in [0.3, 0.4) is 0 Å². The Morgan fingerprint density at radius 2 is 2.27 bits per heavy atom. The third kappa shape index (κ3) is 5.67. The lowest BCUT2D eigenvalue weighted by Gasteiger charge is -1.98. The van der Waals surface area contributed by atoms with Crippen molar-refractivity contribution in [3.8, 4) is 5.75 Å². The van der Waals surface area contributed by atoms with Gasteiger partial charge in [-0.3, -0.25) is 5.10 Å². The lowest BCUT2D eigenvalue weighted by atomic mass is 10.2. The summed E-state index contributed by atoms with van der Waals surface area (Å²) in [5, 5.41) is 6.69. The molecule has 0 saturated carbocycles. The Bertz CT molecular complexity index is 287. The third-order valence-corrected chi connectivity index (χ3v) is 1.64. The fourth-order valence-electron chi connectivity index (χ4n) is 0.968. The molecule has 0 aromatic carbocycles. The van der Waals surface area contributed by atoms with E-state index in [2.05, 4.69) is 10.2 Å².